The molecule has 0 heterocycles. The maximum atomic E-state index is 12.8. The van der Waals surface area contributed by atoms with E-state index in [0.29, 0.717) is 5.56 Å². The molecule has 20 heavy (non-hydrogen) atoms. The molecule has 0 aliphatic carbocycles. The molecule has 2 unspecified atom stereocenters. The van der Waals surface area contributed by atoms with Crippen LogP contribution < -0.4 is 5.32 Å². The highest BCUT2D eigenvalue weighted by Gasteiger charge is 2.20. The van der Waals surface area contributed by atoms with Crippen LogP contribution in [0.1, 0.15) is 31.4 Å². The van der Waals surface area contributed by atoms with Crippen molar-refractivity contribution in [3.8, 4) is 0 Å². The van der Waals surface area contributed by atoms with Crippen LogP contribution in [0.3, 0.4) is 0 Å². The molecule has 1 aromatic carbocycles. The second-order valence-corrected chi connectivity index (χ2v) is 5.08. The molecule has 5 heteroatoms. The van der Waals surface area contributed by atoms with Gasteiger partial charge in [0.2, 0.25) is 5.91 Å². The Morgan fingerprint density at radius 3 is 2.45 bits per heavy atom. The molecule has 0 bridgehead atoms. The van der Waals surface area contributed by atoms with Crippen LogP contribution in [-0.4, -0.2) is 42.6 Å². The lowest BCUT2D eigenvalue weighted by atomic mass is 10.1. The number of carbonyl (C=O) groups is 1. The molecule has 2 atom stereocenters. The van der Waals surface area contributed by atoms with E-state index in [0.717, 1.165) is 12.8 Å². The molecule has 0 saturated carbocycles. The van der Waals surface area contributed by atoms with Gasteiger partial charge in [0.1, 0.15) is 5.82 Å². The van der Waals surface area contributed by atoms with Gasteiger partial charge in [0.05, 0.1) is 12.1 Å². The second-order valence-electron chi connectivity index (χ2n) is 5.08. The Balaban J connectivity index is 2.52. The van der Waals surface area contributed by atoms with E-state index in [1.165, 1.54) is 24.3 Å². The van der Waals surface area contributed by atoms with Crippen molar-refractivity contribution < 1.29 is 14.3 Å². The fourth-order valence-corrected chi connectivity index (χ4v) is 2.02. The Hall–Kier alpha value is -1.46. The van der Waals surface area contributed by atoms with Gasteiger partial charge in [0, 0.05) is 6.54 Å². The van der Waals surface area contributed by atoms with Gasteiger partial charge < -0.3 is 10.4 Å². The summed E-state index contributed by atoms with van der Waals surface area (Å²) in [6.07, 6.45) is 0.853. The molecular weight excluding hydrogens is 259 g/mol. The monoisotopic (exact) mass is 282 g/mol. The van der Waals surface area contributed by atoms with Gasteiger partial charge in [-0.2, -0.15) is 0 Å². The van der Waals surface area contributed by atoms with Crippen molar-refractivity contribution in [1.82, 2.24) is 10.2 Å². The van der Waals surface area contributed by atoms with Crippen LogP contribution in [0, 0.1) is 5.82 Å². The lowest BCUT2D eigenvalue weighted by Crippen LogP contribution is -2.44. The molecule has 2 N–H and O–H groups in total. The zero-order valence-corrected chi connectivity index (χ0v) is 12.3. The number of nitrogens with one attached hydrogen (secondary N) is 1. The largest absolute Gasteiger partial charge is 0.387 e. The van der Waals surface area contributed by atoms with E-state index in [4.69, 9.17) is 0 Å². The standard InChI is InChI=1S/C15H23FN2O2/c1-4-5-13(18(2)3)15(20)17-10-14(19)11-6-8-12(16)9-7-11/h6-9,13-14,19H,4-5,10H2,1-3H3,(H,17,20). The lowest BCUT2D eigenvalue weighted by Gasteiger charge is -2.23. The number of aliphatic hydroxyl groups is 1. The third-order valence-electron chi connectivity index (χ3n) is 3.21. The van der Waals surface area contributed by atoms with Crippen molar-refractivity contribution in [3.05, 3.63) is 35.6 Å². The maximum absolute atomic E-state index is 12.8. The van der Waals surface area contributed by atoms with Gasteiger partial charge in [0.15, 0.2) is 0 Å². The summed E-state index contributed by atoms with van der Waals surface area (Å²) in [5.74, 6) is -0.446. The molecule has 4 nitrogen and oxygen atoms in total. The van der Waals surface area contributed by atoms with Gasteiger partial charge in [-0.25, -0.2) is 4.39 Å². The highest BCUT2D eigenvalue weighted by atomic mass is 19.1. The Morgan fingerprint density at radius 1 is 1.35 bits per heavy atom. The number of carbonyl (C=O) groups excluding carboxylic acids is 1. The number of hydrogen-bond donors (Lipinski definition) is 2. The highest BCUT2D eigenvalue weighted by Crippen LogP contribution is 2.12. The number of rotatable bonds is 7. The van der Waals surface area contributed by atoms with Gasteiger partial charge in [-0.1, -0.05) is 25.5 Å². The Morgan fingerprint density at radius 2 is 1.95 bits per heavy atom. The first-order valence-electron chi connectivity index (χ1n) is 6.83. The Labute approximate surface area is 119 Å². The van der Waals surface area contributed by atoms with E-state index >= 15 is 0 Å². The average molecular weight is 282 g/mol. The second kappa shape index (κ2) is 7.97. The summed E-state index contributed by atoms with van der Waals surface area (Å²) in [6.45, 7) is 2.15. The molecular formula is C15H23FN2O2. The Bertz CT molecular complexity index is 420. The van der Waals surface area contributed by atoms with Crippen LogP contribution in [0.15, 0.2) is 24.3 Å². The smallest absolute Gasteiger partial charge is 0.237 e. The molecule has 0 saturated heterocycles. The Kier molecular flexibility index (Phi) is 6.61. The molecule has 0 aliphatic heterocycles. The minimum Gasteiger partial charge on any atom is -0.387 e. The minimum absolute atomic E-state index is 0.0991. The first-order valence-corrected chi connectivity index (χ1v) is 6.83. The van der Waals surface area contributed by atoms with E-state index in [1.807, 2.05) is 25.9 Å². The quantitative estimate of drug-likeness (QED) is 0.800. The summed E-state index contributed by atoms with van der Waals surface area (Å²) in [6, 6.07) is 5.42. The topological polar surface area (TPSA) is 52.6 Å². The zero-order valence-electron chi connectivity index (χ0n) is 12.3. The summed E-state index contributed by atoms with van der Waals surface area (Å²) in [5.41, 5.74) is 0.587. The van der Waals surface area contributed by atoms with E-state index in [1.54, 1.807) is 0 Å². The lowest BCUT2D eigenvalue weighted by molar-refractivity contribution is -0.126. The normalized spacial score (nSPS) is 14.1. The number of benzene rings is 1. The molecule has 0 aromatic heterocycles. The molecule has 1 amide bonds. The summed E-state index contributed by atoms with van der Waals surface area (Å²) in [7, 11) is 3.71. The molecule has 1 aromatic rings. The summed E-state index contributed by atoms with van der Waals surface area (Å²) in [4.78, 5) is 13.9. The van der Waals surface area contributed by atoms with Crippen molar-refractivity contribution in [2.24, 2.45) is 0 Å². The van der Waals surface area contributed by atoms with Crippen LogP contribution in [-0.2, 0) is 4.79 Å². The first kappa shape index (κ1) is 16.6. The molecule has 0 spiro atoms. The number of aliphatic hydroxyl groups excluding tert-OH is 1. The van der Waals surface area contributed by atoms with Gasteiger partial charge in [-0.3, -0.25) is 9.69 Å². The molecule has 0 fully saturated rings. The van der Waals surface area contributed by atoms with Crippen LogP contribution >= 0.6 is 0 Å². The average Bonchev–Trinajstić information content (AvgIpc) is 2.42. The van der Waals surface area contributed by atoms with Crippen LogP contribution in [0.25, 0.3) is 0 Å². The van der Waals surface area contributed by atoms with Crippen molar-refractivity contribution in [2.45, 2.75) is 31.9 Å². The number of hydrogen-bond acceptors (Lipinski definition) is 3. The number of halogens is 1. The third-order valence-corrected chi connectivity index (χ3v) is 3.21. The first-order chi connectivity index (χ1) is 9.45. The van der Waals surface area contributed by atoms with Crippen LogP contribution in [0.4, 0.5) is 4.39 Å². The number of likely N-dealkylation sites (N-methyl/N-ethyl adjacent to an activating group) is 1. The van der Waals surface area contributed by atoms with Crippen LogP contribution in [0.5, 0.6) is 0 Å². The minimum atomic E-state index is -0.830. The van der Waals surface area contributed by atoms with E-state index in [9.17, 15) is 14.3 Å². The van der Waals surface area contributed by atoms with Gasteiger partial charge >= 0.3 is 0 Å². The van der Waals surface area contributed by atoms with Gasteiger partial charge in [-0.05, 0) is 38.2 Å². The number of nitrogens with zero attached hydrogens (tertiary/aromatic N) is 1. The molecule has 112 valence electrons. The summed E-state index contributed by atoms with van der Waals surface area (Å²) < 4.78 is 12.8. The highest BCUT2D eigenvalue weighted by molar-refractivity contribution is 5.81. The predicted octanol–water partition coefficient (Wildman–Crippen LogP) is 1.71. The molecule has 0 aliphatic rings. The van der Waals surface area contributed by atoms with Crippen molar-refractivity contribution >= 4 is 5.91 Å². The van der Waals surface area contributed by atoms with Gasteiger partial charge in [0.25, 0.3) is 0 Å². The SMILES string of the molecule is CCCC(C(=O)NCC(O)c1ccc(F)cc1)N(C)C. The molecule has 1 rings (SSSR count). The third kappa shape index (κ3) is 4.90. The van der Waals surface area contributed by atoms with E-state index in [2.05, 4.69) is 5.32 Å². The van der Waals surface area contributed by atoms with Crippen LogP contribution in [0.2, 0.25) is 0 Å². The van der Waals surface area contributed by atoms with Crippen molar-refractivity contribution in [1.29, 1.82) is 0 Å². The van der Waals surface area contributed by atoms with E-state index in [-0.39, 0.29) is 24.3 Å². The summed E-state index contributed by atoms with van der Waals surface area (Å²) in [5, 5.41) is 12.7. The van der Waals surface area contributed by atoms with Crippen molar-refractivity contribution in [2.75, 3.05) is 20.6 Å². The zero-order chi connectivity index (χ0) is 15.1. The van der Waals surface area contributed by atoms with E-state index < -0.39 is 6.10 Å². The fraction of sp³-hybridized carbons (Fsp3) is 0.533. The number of amides is 1. The fourth-order valence-electron chi connectivity index (χ4n) is 2.02. The molecule has 0 radical (unpaired) electrons. The summed E-state index contributed by atoms with van der Waals surface area (Å²) >= 11 is 0. The van der Waals surface area contributed by atoms with Crippen molar-refractivity contribution in [3.63, 3.8) is 0 Å². The maximum Gasteiger partial charge on any atom is 0.237 e. The van der Waals surface area contributed by atoms with Gasteiger partial charge in [-0.15, -0.1) is 0 Å². The predicted molar refractivity (Wildman–Crippen MR) is 76.8 cm³/mol.